The first-order chi connectivity index (χ1) is 13.8. The standard InChI is InChI=1S/C21H30FNO5S/c1-3-27-21(24)10-12-29(25,26)23-11-4-5-19(23)15(2)17-8-9-18(22)20(13-17)28-14-16-6-7-16/h8-9,13,15-16,19H,3-7,10-12,14H2,1-2H3. The fraction of sp³-hybridized carbons (Fsp3) is 0.667. The number of benzene rings is 1. The number of nitrogens with zero attached hydrogens (tertiary/aromatic N) is 1. The van der Waals surface area contributed by atoms with Gasteiger partial charge < -0.3 is 9.47 Å². The third-order valence-corrected chi connectivity index (χ3v) is 7.59. The molecule has 162 valence electrons. The summed E-state index contributed by atoms with van der Waals surface area (Å²) in [7, 11) is -3.58. The number of halogens is 1. The van der Waals surface area contributed by atoms with Gasteiger partial charge in [-0.25, -0.2) is 12.8 Å². The van der Waals surface area contributed by atoms with Crippen LogP contribution in [0.4, 0.5) is 4.39 Å². The van der Waals surface area contributed by atoms with E-state index in [-0.39, 0.29) is 36.5 Å². The lowest BCUT2D eigenvalue weighted by atomic mass is 9.92. The van der Waals surface area contributed by atoms with Crippen LogP contribution < -0.4 is 4.74 Å². The number of ether oxygens (including phenoxy) is 2. The minimum Gasteiger partial charge on any atom is -0.490 e. The predicted octanol–water partition coefficient (Wildman–Crippen LogP) is 3.47. The van der Waals surface area contributed by atoms with Crippen LogP contribution in [0.1, 0.15) is 57.4 Å². The first kappa shape index (κ1) is 22.0. The number of carbonyl (C=O) groups is 1. The molecule has 8 heteroatoms. The number of rotatable bonds is 10. The summed E-state index contributed by atoms with van der Waals surface area (Å²) in [6.45, 7) is 4.84. The fourth-order valence-electron chi connectivity index (χ4n) is 3.80. The van der Waals surface area contributed by atoms with Crippen LogP contribution >= 0.6 is 0 Å². The molecule has 1 aliphatic heterocycles. The highest BCUT2D eigenvalue weighted by atomic mass is 32.2. The van der Waals surface area contributed by atoms with Gasteiger partial charge >= 0.3 is 5.97 Å². The summed E-state index contributed by atoms with van der Waals surface area (Å²) in [5.41, 5.74) is 0.856. The highest BCUT2D eigenvalue weighted by Gasteiger charge is 2.38. The second kappa shape index (κ2) is 9.43. The molecule has 1 aliphatic carbocycles. The van der Waals surface area contributed by atoms with Crippen molar-refractivity contribution in [2.45, 2.75) is 57.9 Å². The van der Waals surface area contributed by atoms with Gasteiger partial charge in [0, 0.05) is 12.6 Å². The van der Waals surface area contributed by atoms with Crippen molar-refractivity contribution in [1.82, 2.24) is 4.31 Å². The van der Waals surface area contributed by atoms with Crippen molar-refractivity contribution < 1.29 is 27.1 Å². The Bertz CT molecular complexity index is 824. The number of hydrogen-bond donors (Lipinski definition) is 0. The lowest BCUT2D eigenvalue weighted by Gasteiger charge is -2.29. The van der Waals surface area contributed by atoms with E-state index in [2.05, 4.69) is 0 Å². The minimum atomic E-state index is -3.58. The van der Waals surface area contributed by atoms with Crippen LogP contribution in [-0.4, -0.2) is 50.2 Å². The van der Waals surface area contributed by atoms with Crippen molar-refractivity contribution in [2.75, 3.05) is 25.5 Å². The molecule has 0 radical (unpaired) electrons. The number of hydrogen-bond acceptors (Lipinski definition) is 5. The van der Waals surface area contributed by atoms with Crippen molar-refractivity contribution in [3.63, 3.8) is 0 Å². The summed E-state index contributed by atoms with van der Waals surface area (Å²) in [5.74, 6) is -0.517. The van der Waals surface area contributed by atoms with Gasteiger partial charge in [-0.05, 0) is 62.1 Å². The molecule has 2 unspecified atom stereocenters. The van der Waals surface area contributed by atoms with Crippen molar-refractivity contribution in [3.05, 3.63) is 29.6 Å². The molecule has 6 nitrogen and oxygen atoms in total. The van der Waals surface area contributed by atoms with Gasteiger partial charge in [-0.3, -0.25) is 4.79 Å². The molecule has 0 N–H and O–H groups in total. The van der Waals surface area contributed by atoms with Crippen LogP contribution in [0, 0.1) is 11.7 Å². The van der Waals surface area contributed by atoms with E-state index in [4.69, 9.17) is 9.47 Å². The van der Waals surface area contributed by atoms with Crippen LogP contribution in [0.3, 0.4) is 0 Å². The van der Waals surface area contributed by atoms with Crippen molar-refractivity contribution in [1.29, 1.82) is 0 Å². The Kier molecular flexibility index (Phi) is 7.16. The van der Waals surface area contributed by atoms with E-state index < -0.39 is 21.8 Å². The lowest BCUT2D eigenvalue weighted by molar-refractivity contribution is -0.142. The van der Waals surface area contributed by atoms with E-state index in [1.807, 2.05) is 6.92 Å². The average molecular weight is 428 g/mol. The van der Waals surface area contributed by atoms with Gasteiger partial charge in [-0.15, -0.1) is 0 Å². The Morgan fingerprint density at radius 2 is 2.07 bits per heavy atom. The van der Waals surface area contributed by atoms with Gasteiger partial charge in [-0.1, -0.05) is 13.0 Å². The molecule has 1 aromatic carbocycles. The van der Waals surface area contributed by atoms with E-state index >= 15 is 0 Å². The molecule has 0 spiro atoms. The summed E-state index contributed by atoms with van der Waals surface area (Å²) in [4.78, 5) is 11.6. The first-order valence-corrected chi connectivity index (χ1v) is 12.0. The minimum absolute atomic E-state index is 0.112. The first-order valence-electron chi connectivity index (χ1n) is 10.4. The second-order valence-electron chi connectivity index (χ2n) is 7.92. The van der Waals surface area contributed by atoms with Gasteiger partial charge in [0.05, 0.1) is 25.4 Å². The molecule has 1 saturated carbocycles. The number of esters is 1. The van der Waals surface area contributed by atoms with Gasteiger partial charge in [0.1, 0.15) is 0 Å². The normalized spacial score (nSPS) is 21.1. The molecule has 3 rings (SSSR count). The predicted molar refractivity (Wildman–Crippen MR) is 108 cm³/mol. The maximum Gasteiger partial charge on any atom is 0.306 e. The van der Waals surface area contributed by atoms with E-state index in [0.29, 0.717) is 19.1 Å². The van der Waals surface area contributed by atoms with Crippen molar-refractivity contribution in [2.24, 2.45) is 5.92 Å². The molecule has 1 heterocycles. The molecular weight excluding hydrogens is 397 g/mol. The Hall–Kier alpha value is -1.67. The molecule has 2 aliphatic rings. The van der Waals surface area contributed by atoms with Crippen LogP contribution in [-0.2, 0) is 19.6 Å². The maximum atomic E-state index is 14.1. The maximum absolute atomic E-state index is 14.1. The summed E-state index contributed by atoms with van der Waals surface area (Å²) >= 11 is 0. The molecule has 0 amide bonds. The molecule has 0 aromatic heterocycles. The molecule has 1 saturated heterocycles. The third kappa shape index (κ3) is 5.69. The zero-order valence-corrected chi connectivity index (χ0v) is 17.9. The van der Waals surface area contributed by atoms with Crippen LogP contribution in [0.5, 0.6) is 5.75 Å². The average Bonchev–Trinajstić information content (AvgIpc) is 3.38. The van der Waals surface area contributed by atoms with Crippen LogP contribution in [0.15, 0.2) is 18.2 Å². The Balaban J connectivity index is 1.69. The van der Waals surface area contributed by atoms with Gasteiger partial charge in [0.2, 0.25) is 10.0 Å². The second-order valence-corrected chi connectivity index (χ2v) is 9.97. The topological polar surface area (TPSA) is 72.9 Å². The SMILES string of the molecule is CCOC(=O)CCS(=O)(=O)N1CCCC1C(C)c1ccc(F)c(OCC2CC2)c1. The molecule has 29 heavy (non-hydrogen) atoms. The summed E-state index contributed by atoms with van der Waals surface area (Å²) in [6, 6.07) is 4.57. The van der Waals surface area contributed by atoms with E-state index in [1.165, 1.54) is 10.4 Å². The van der Waals surface area contributed by atoms with E-state index in [9.17, 15) is 17.6 Å². The lowest BCUT2D eigenvalue weighted by Crippen LogP contribution is -2.40. The van der Waals surface area contributed by atoms with Crippen LogP contribution in [0.2, 0.25) is 0 Å². The van der Waals surface area contributed by atoms with E-state index in [0.717, 1.165) is 31.2 Å². The molecule has 0 bridgehead atoms. The quantitative estimate of drug-likeness (QED) is 0.535. The van der Waals surface area contributed by atoms with Gasteiger partial charge in [-0.2, -0.15) is 4.31 Å². The third-order valence-electron chi connectivity index (χ3n) is 5.70. The zero-order valence-electron chi connectivity index (χ0n) is 17.1. The van der Waals surface area contributed by atoms with Crippen molar-refractivity contribution in [3.8, 4) is 5.75 Å². The monoisotopic (exact) mass is 427 g/mol. The largest absolute Gasteiger partial charge is 0.490 e. The highest BCUT2D eigenvalue weighted by Crippen LogP contribution is 2.36. The van der Waals surface area contributed by atoms with Gasteiger partial charge in [0.25, 0.3) is 0 Å². The Morgan fingerprint density at radius 1 is 1.31 bits per heavy atom. The summed E-state index contributed by atoms with van der Waals surface area (Å²) in [6.07, 6.45) is 3.59. The summed E-state index contributed by atoms with van der Waals surface area (Å²) < 4.78 is 51.7. The fourth-order valence-corrected chi connectivity index (χ4v) is 5.57. The molecular formula is C21H30FNO5S. The molecule has 2 atom stereocenters. The Morgan fingerprint density at radius 3 is 2.76 bits per heavy atom. The number of sulfonamides is 1. The van der Waals surface area contributed by atoms with E-state index in [1.54, 1.807) is 19.1 Å². The Labute approximate surface area is 172 Å². The highest BCUT2D eigenvalue weighted by molar-refractivity contribution is 7.89. The van der Waals surface area contributed by atoms with Crippen LogP contribution in [0.25, 0.3) is 0 Å². The smallest absolute Gasteiger partial charge is 0.306 e. The summed E-state index contributed by atoms with van der Waals surface area (Å²) in [5, 5.41) is 0. The molecule has 2 fully saturated rings. The van der Waals surface area contributed by atoms with Gasteiger partial charge in [0.15, 0.2) is 11.6 Å². The van der Waals surface area contributed by atoms with Crippen molar-refractivity contribution >= 4 is 16.0 Å². The number of carbonyl (C=O) groups excluding carboxylic acids is 1. The zero-order chi connectivity index (χ0) is 21.0. The molecule has 1 aromatic rings.